The molecule has 46 heavy (non-hydrogen) atoms. The molecule has 1 atom stereocenters. The second kappa shape index (κ2) is 15.1. The number of aryl methyl sites for hydroxylation is 1. The first-order valence-corrected chi connectivity index (χ1v) is 17.9. The Morgan fingerprint density at radius 2 is 1.46 bits per heavy atom. The topological polar surface area (TPSA) is 86.8 Å². The summed E-state index contributed by atoms with van der Waals surface area (Å²) >= 11 is 3.48. The van der Waals surface area contributed by atoms with Gasteiger partial charge in [-0.05, 0) is 79.3 Å². The number of hydrogen-bond donors (Lipinski definition) is 1. The number of sulfonamides is 1. The summed E-state index contributed by atoms with van der Waals surface area (Å²) in [5.41, 5.74) is 3.83. The van der Waals surface area contributed by atoms with E-state index < -0.39 is 28.5 Å². The molecule has 0 radical (unpaired) electrons. The van der Waals surface area contributed by atoms with Gasteiger partial charge in [0.05, 0.1) is 10.6 Å². The summed E-state index contributed by atoms with van der Waals surface area (Å²) < 4.78 is 30.6. The fourth-order valence-electron chi connectivity index (χ4n) is 5.95. The summed E-state index contributed by atoms with van der Waals surface area (Å²) in [5.74, 6) is -0.698. The molecule has 0 bridgehead atoms. The van der Waals surface area contributed by atoms with Crippen molar-refractivity contribution in [2.45, 2.75) is 69.5 Å². The Labute approximate surface area is 280 Å². The molecule has 0 saturated heterocycles. The first-order chi connectivity index (χ1) is 22.1. The lowest BCUT2D eigenvalue weighted by atomic mass is 10.0. The maximum absolute atomic E-state index is 14.7. The molecule has 0 aliphatic heterocycles. The lowest BCUT2D eigenvalue weighted by Gasteiger charge is -2.34. The molecule has 1 N–H and O–H groups in total. The molecule has 4 aromatic carbocycles. The Kier molecular flexibility index (Phi) is 11.0. The van der Waals surface area contributed by atoms with E-state index in [1.807, 2.05) is 74.5 Å². The summed E-state index contributed by atoms with van der Waals surface area (Å²) in [4.78, 5) is 30.4. The van der Waals surface area contributed by atoms with Gasteiger partial charge >= 0.3 is 0 Å². The highest BCUT2D eigenvalue weighted by Gasteiger charge is 2.36. The Morgan fingerprint density at radius 3 is 2.11 bits per heavy atom. The molecule has 7 nitrogen and oxygen atoms in total. The van der Waals surface area contributed by atoms with Crippen molar-refractivity contribution >= 4 is 43.5 Å². The monoisotopic (exact) mass is 701 g/mol. The van der Waals surface area contributed by atoms with E-state index in [1.54, 1.807) is 35.2 Å². The molecule has 9 heteroatoms. The van der Waals surface area contributed by atoms with E-state index in [4.69, 9.17) is 0 Å². The number of rotatable bonds is 12. The van der Waals surface area contributed by atoms with Crippen molar-refractivity contribution in [2.75, 3.05) is 10.8 Å². The summed E-state index contributed by atoms with van der Waals surface area (Å²) in [6, 6.07) is 30.0. The van der Waals surface area contributed by atoms with Gasteiger partial charge in [-0.25, -0.2) is 8.42 Å². The van der Waals surface area contributed by atoms with Gasteiger partial charge in [0.2, 0.25) is 11.8 Å². The van der Waals surface area contributed by atoms with Gasteiger partial charge in [0.1, 0.15) is 12.6 Å². The van der Waals surface area contributed by atoms with Gasteiger partial charge in [-0.15, -0.1) is 0 Å². The quantitative estimate of drug-likeness (QED) is 0.173. The predicted octanol–water partition coefficient (Wildman–Crippen LogP) is 6.96. The molecule has 1 saturated carbocycles. The van der Waals surface area contributed by atoms with E-state index in [0.29, 0.717) is 5.69 Å². The second-order valence-corrected chi connectivity index (χ2v) is 14.7. The van der Waals surface area contributed by atoms with Crippen molar-refractivity contribution in [1.29, 1.82) is 0 Å². The molecular formula is C37H40BrN3O4S. The van der Waals surface area contributed by atoms with Crippen LogP contribution in [0.2, 0.25) is 0 Å². The van der Waals surface area contributed by atoms with Crippen LogP contribution < -0.4 is 9.62 Å². The number of halogens is 1. The van der Waals surface area contributed by atoms with Crippen molar-refractivity contribution < 1.29 is 18.0 Å². The fourth-order valence-corrected chi connectivity index (χ4v) is 7.70. The second-order valence-electron chi connectivity index (χ2n) is 11.9. The molecule has 0 aromatic heterocycles. The number of carbonyl (C=O) groups is 2. The number of anilines is 1. The van der Waals surface area contributed by atoms with Crippen LogP contribution in [0.3, 0.4) is 0 Å². The van der Waals surface area contributed by atoms with Crippen molar-refractivity contribution in [1.82, 2.24) is 10.2 Å². The standard InChI is InChI=1S/C37H40BrN3O4S/c1-27-12-11-19-34(28(27)2)41(46(44,45)33-17-7-4-8-18-33)26-36(42)40(25-30-20-22-31(38)23-21-30)35(24-29-13-5-3-6-14-29)37(43)39-32-15-9-10-16-32/h3-8,11-14,17-23,32,35H,9-10,15-16,24-26H2,1-2H3,(H,39,43). The number of hydrogen-bond acceptors (Lipinski definition) is 4. The van der Waals surface area contributed by atoms with E-state index in [1.165, 1.54) is 16.4 Å². The molecule has 5 rings (SSSR count). The van der Waals surface area contributed by atoms with Gasteiger partial charge < -0.3 is 10.2 Å². The van der Waals surface area contributed by atoms with Gasteiger partial charge in [-0.1, -0.05) is 102 Å². The zero-order valence-corrected chi connectivity index (χ0v) is 28.6. The van der Waals surface area contributed by atoms with Gasteiger partial charge in [-0.3, -0.25) is 13.9 Å². The molecule has 0 spiro atoms. The highest BCUT2D eigenvalue weighted by atomic mass is 79.9. The highest BCUT2D eigenvalue weighted by molar-refractivity contribution is 9.10. The van der Waals surface area contributed by atoms with Crippen LogP contribution in [0.15, 0.2) is 112 Å². The van der Waals surface area contributed by atoms with Gasteiger partial charge in [-0.2, -0.15) is 0 Å². The Hall–Kier alpha value is -3.95. The van der Waals surface area contributed by atoms with Gasteiger partial charge in [0, 0.05) is 23.5 Å². The third-order valence-corrected chi connectivity index (χ3v) is 11.0. The number of nitrogens with one attached hydrogen (secondary N) is 1. The zero-order valence-electron chi connectivity index (χ0n) is 26.2. The number of nitrogens with zero attached hydrogens (tertiary/aromatic N) is 2. The molecule has 240 valence electrons. The van der Waals surface area contributed by atoms with Crippen LogP contribution in [-0.4, -0.2) is 43.8 Å². The Morgan fingerprint density at radius 1 is 0.826 bits per heavy atom. The van der Waals surface area contributed by atoms with Crippen LogP contribution >= 0.6 is 15.9 Å². The minimum atomic E-state index is -4.14. The van der Waals surface area contributed by atoms with E-state index in [2.05, 4.69) is 21.2 Å². The van der Waals surface area contributed by atoms with Crippen molar-refractivity contribution in [3.05, 3.63) is 130 Å². The van der Waals surface area contributed by atoms with E-state index in [-0.39, 0.29) is 29.8 Å². The third-order valence-electron chi connectivity index (χ3n) is 8.69. The molecule has 1 aliphatic rings. The summed E-state index contributed by atoms with van der Waals surface area (Å²) in [7, 11) is -4.14. The lowest BCUT2D eigenvalue weighted by molar-refractivity contribution is -0.140. The Bertz CT molecular complexity index is 1740. The normalized spacial score (nSPS) is 14.1. The molecule has 1 aliphatic carbocycles. The van der Waals surface area contributed by atoms with Crippen molar-refractivity contribution in [3.63, 3.8) is 0 Å². The maximum atomic E-state index is 14.7. The summed E-state index contributed by atoms with van der Waals surface area (Å²) in [6.45, 7) is 3.43. The first kappa shape index (κ1) is 33.4. The molecule has 2 amide bonds. The predicted molar refractivity (Wildman–Crippen MR) is 186 cm³/mol. The number of benzene rings is 4. The first-order valence-electron chi connectivity index (χ1n) is 15.7. The molecular weight excluding hydrogens is 662 g/mol. The molecule has 0 heterocycles. The minimum Gasteiger partial charge on any atom is -0.352 e. The molecule has 4 aromatic rings. The van der Waals surface area contributed by atoms with Crippen LogP contribution in [0.4, 0.5) is 5.69 Å². The average Bonchev–Trinajstić information content (AvgIpc) is 3.57. The summed E-state index contributed by atoms with van der Waals surface area (Å²) in [5, 5.41) is 3.21. The van der Waals surface area contributed by atoms with Crippen LogP contribution in [0.5, 0.6) is 0 Å². The highest BCUT2D eigenvalue weighted by Crippen LogP contribution is 2.29. The smallest absolute Gasteiger partial charge is 0.264 e. The van der Waals surface area contributed by atoms with Gasteiger partial charge in [0.25, 0.3) is 10.0 Å². The van der Waals surface area contributed by atoms with Gasteiger partial charge in [0.15, 0.2) is 0 Å². The van der Waals surface area contributed by atoms with Crippen LogP contribution in [0, 0.1) is 13.8 Å². The summed E-state index contributed by atoms with van der Waals surface area (Å²) in [6.07, 6.45) is 4.20. The molecule has 1 unspecified atom stereocenters. The lowest BCUT2D eigenvalue weighted by Crippen LogP contribution is -2.54. The van der Waals surface area contributed by atoms with E-state index in [0.717, 1.165) is 52.4 Å². The zero-order chi connectivity index (χ0) is 32.7. The minimum absolute atomic E-state index is 0.0558. The van der Waals surface area contributed by atoms with Crippen LogP contribution in [-0.2, 0) is 32.6 Å². The van der Waals surface area contributed by atoms with Crippen LogP contribution in [0.1, 0.15) is 47.9 Å². The Balaban J connectivity index is 1.58. The average molecular weight is 703 g/mol. The maximum Gasteiger partial charge on any atom is 0.264 e. The largest absolute Gasteiger partial charge is 0.352 e. The number of carbonyl (C=O) groups excluding carboxylic acids is 2. The third kappa shape index (κ3) is 8.06. The van der Waals surface area contributed by atoms with E-state index >= 15 is 0 Å². The molecule has 1 fully saturated rings. The van der Waals surface area contributed by atoms with Crippen molar-refractivity contribution in [2.24, 2.45) is 0 Å². The van der Waals surface area contributed by atoms with Crippen molar-refractivity contribution in [3.8, 4) is 0 Å². The van der Waals surface area contributed by atoms with E-state index in [9.17, 15) is 18.0 Å². The SMILES string of the molecule is Cc1cccc(N(CC(=O)N(Cc2ccc(Br)cc2)C(Cc2ccccc2)C(=O)NC2CCCC2)S(=O)(=O)c2ccccc2)c1C. The van der Waals surface area contributed by atoms with Crippen LogP contribution in [0.25, 0.3) is 0 Å². The fraction of sp³-hybridized carbons (Fsp3) is 0.297. The number of amides is 2.